The van der Waals surface area contributed by atoms with Crippen LogP contribution >= 0.6 is 0 Å². The largest absolute Gasteiger partial charge is 0.398 e. The van der Waals surface area contributed by atoms with Crippen LogP contribution in [0.25, 0.3) is 0 Å². The summed E-state index contributed by atoms with van der Waals surface area (Å²) in [6.07, 6.45) is 8.13. The van der Waals surface area contributed by atoms with E-state index in [1.165, 1.54) is 25.7 Å². The van der Waals surface area contributed by atoms with Gasteiger partial charge < -0.3 is 8.85 Å². The molecular formula is C12H27NO2Si. The van der Waals surface area contributed by atoms with Gasteiger partial charge in [0.25, 0.3) is 0 Å². The first-order valence-electron chi connectivity index (χ1n) is 6.27. The summed E-state index contributed by atoms with van der Waals surface area (Å²) in [5.74, 6) is 0. The zero-order valence-corrected chi connectivity index (χ0v) is 12.3. The van der Waals surface area contributed by atoms with E-state index < -0.39 is 8.56 Å². The third-order valence-electron chi connectivity index (χ3n) is 2.86. The Kier molecular flexibility index (Phi) is 9.87. The van der Waals surface area contributed by atoms with Gasteiger partial charge in [0, 0.05) is 20.8 Å². The van der Waals surface area contributed by atoms with Crippen LogP contribution in [0.1, 0.15) is 39.0 Å². The molecule has 0 spiro atoms. The number of rotatable bonds is 10. The average molecular weight is 245 g/mol. The Morgan fingerprint density at radius 1 is 1.12 bits per heavy atom. The van der Waals surface area contributed by atoms with Crippen molar-refractivity contribution in [1.82, 2.24) is 0 Å². The molecule has 0 aliphatic heterocycles. The van der Waals surface area contributed by atoms with Gasteiger partial charge in [0.2, 0.25) is 0 Å². The highest BCUT2D eigenvalue weighted by molar-refractivity contribution is 6.66. The Hall–Kier alpha value is -0.193. The summed E-state index contributed by atoms with van der Waals surface area (Å²) < 4.78 is 10.8. The quantitative estimate of drug-likeness (QED) is 0.335. The minimum Gasteiger partial charge on any atom is -0.398 e. The number of hydrogen-bond acceptors (Lipinski definition) is 3. The molecule has 0 radical (unpaired) electrons. The SMILES string of the molecule is CCCCCCN=CCC[Si](C)(OC)OC. The molecule has 3 nitrogen and oxygen atoms in total. The lowest BCUT2D eigenvalue weighted by atomic mass is 10.2. The number of hydrogen-bond donors (Lipinski definition) is 0. The van der Waals surface area contributed by atoms with Crippen molar-refractivity contribution in [3.05, 3.63) is 0 Å². The van der Waals surface area contributed by atoms with Gasteiger partial charge >= 0.3 is 8.56 Å². The van der Waals surface area contributed by atoms with Crippen molar-refractivity contribution in [1.29, 1.82) is 0 Å². The van der Waals surface area contributed by atoms with E-state index in [0.717, 1.165) is 19.0 Å². The molecule has 0 aliphatic carbocycles. The molecule has 0 heterocycles. The highest BCUT2D eigenvalue weighted by Gasteiger charge is 2.27. The van der Waals surface area contributed by atoms with E-state index in [1.54, 1.807) is 14.2 Å². The standard InChI is InChI=1S/C12H27NO2Si/c1-5-6-7-8-10-13-11-9-12-16(4,14-2)15-3/h11H,5-10,12H2,1-4H3. The van der Waals surface area contributed by atoms with Crippen molar-refractivity contribution in [2.75, 3.05) is 20.8 Å². The second-order valence-corrected chi connectivity index (χ2v) is 7.81. The molecule has 4 heteroatoms. The zero-order chi connectivity index (χ0) is 12.3. The van der Waals surface area contributed by atoms with Crippen LogP contribution in [0.15, 0.2) is 4.99 Å². The third kappa shape index (κ3) is 8.02. The molecule has 16 heavy (non-hydrogen) atoms. The fourth-order valence-electron chi connectivity index (χ4n) is 1.43. The first kappa shape index (κ1) is 15.8. The summed E-state index contributed by atoms with van der Waals surface area (Å²) >= 11 is 0. The molecule has 96 valence electrons. The summed E-state index contributed by atoms with van der Waals surface area (Å²) in [7, 11) is 1.60. The first-order chi connectivity index (χ1) is 7.68. The van der Waals surface area contributed by atoms with Gasteiger partial charge in [0.15, 0.2) is 0 Å². The number of unbranched alkanes of at least 4 members (excludes halogenated alkanes) is 3. The normalized spacial score (nSPS) is 12.5. The first-order valence-corrected chi connectivity index (χ1v) is 8.79. The smallest absolute Gasteiger partial charge is 0.334 e. The second kappa shape index (κ2) is 9.99. The van der Waals surface area contributed by atoms with E-state index in [-0.39, 0.29) is 0 Å². The van der Waals surface area contributed by atoms with Gasteiger partial charge in [-0.3, -0.25) is 4.99 Å². The molecule has 0 aromatic rings. The van der Waals surface area contributed by atoms with Crippen molar-refractivity contribution in [3.63, 3.8) is 0 Å². The van der Waals surface area contributed by atoms with Crippen LogP contribution in [0, 0.1) is 0 Å². The van der Waals surface area contributed by atoms with Crippen molar-refractivity contribution in [2.45, 2.75) is 51.6 Å². The Morgan fingerprint density at radius 2 is 1.81 bits per heavy atom. The highest BCUT2D eigenvalue weighted by Crippen LogP contribution is 2.12. The summed E-state index contributed by atoms with van der Waals surface area (Å²) in [5.41, 5.74) is 0. The molecule has 0 aromatic carbocycles. The fraction of sp³-hybridized carbons (Fsp3) is 0.917. The van der Waals surface area contributed by atoms with E-state index in [2.05, 4.69) is 18.5 Å². The van der Waals surface area contributed by atoms with Crippen molar-refractivity contribution >= 4 is 14.8 Å². The van der Waals surface area contributed by atoms with Gasteiger partial charge in [-0.05, 0) is 31.6 Å². The van der Waals surface area contributed by atoms with Crippen LogP contribution in [0.3, 0.4) is 0 Å². The van der Waals surface area contributed by atoms with E-state index in [0.29, 0.717) is 0 Å². The van der Waals surface area contributed by atoms with Gasteiger partial charge in [0.05, 0.1) is 0 Å². The van der Waals surface area contributed by atoms with E-state index >= 15 is 0 Å². The highest BCUT2D eigenvalue weighted by atomic mass is 28.4. The topological polar surface area (TPSA) is 30.8 Å². The Labute approximate surface area is 102 Å². The molecule has 0 N–H and O–H groups in total. The van der Waals surface area contributed by atoms with Crippen LogP contribution in [0.5, 0.6) is 0 Å². The van der Waals surface area contributed by atoms with Gasteiger partial charge in [-0.25, -0.2) is 0 Å². The van der Waals surface area contributed by atoms with E-state index in [9.17, 15) is 0 Å². The van der Waals surface area contributed by atoms with Gasteiger partial charge in [-0.15, -0.1) is 0 Å². The summed E-state index contributed by atoms with van der Waals surface area (Å²) in [6, 6.07) is 0.985. The molecule has 0 saturated carbocycles. The molecular weight excluding hydrogens is 218 g/mol. The maximum atomic E-state index is 5.40. The van der Waals surface area contributed by atoms with Crippen LogP contribution < -0.4 is 0 Å². The molecule has 0 fully saturated rings. The Morgan fingerprint density at radius 3 is 2.38 bits per heavy atom. The van der Waals surface area contributed by atoms with Crippen LogP contribution in [0.2, 0.25) is 12.6 Å². The molecule has 0 rings (SSSR count). The van der Waals surface area contributed by atoms with Gasteiger partial charge in [-0.2, -0.15) is 0 Å². The number of aliphatic imine (C=N–C) groups is 1. The Bertz CT molecular complexity index is 182. The molecule has 0 aromatic heterocycles. The predicted molar refractivity (Wildman–Crippen MR) is 72.6 cm³/mol. The van der Waals surface area contributed by atoms with E-state index in [1.807, 2.05) is 6.21 Å². The molecule has 0 bridgehead atoms. The molecule has 0 atom stereocenters. The summed E-state index contributed by atoms with van der Waals surface area (Å²) in [6.45, 7) is 5.28. The monoisotopic (exact) mass is 245 g/mol. The molecule has 0 saturated heterocycles. The average Bonchev–Trinajstić information content (AvgIpc) is 2.32. The minimum absolute atomic E-state index is 0.970. The van der Waals surface area contributed by atoms with Crippen molar-refractivity contribution in [3.8, 4) is 0 Å². The second-order valence-electron chi connectivity index (χ2n) is 4.23. The summed E-state index contributed by atoms with van der Waals surface area (Å²) in [4.78, 5) is 4.40. The number of nitrogens with zero attached hydrogens (tertiary/aromatic N) is 1. The van der Waals surface area contributed by atoms with Crippen LogP contribution in [-0.2, 0) is 8.85 Å². The van der Waals surface area contributed by atoms with Crippen LogP contribution in [0.4, 0.5) is 0 Å². The maximum Gasteiger partial charge on any atom is 0.334 e. The lowest BCUT2D eigenvalue weighted by molar-refractivity contribution is 0.250. The minimum atomic E-state index is -1.87. The molecule has 0 unspecified atom stereocenters. The zero-order valence-electron chi connectivity index (χ0n) is 11.3. The Balaban J connectivity index is 3.46. The summed E-state index contributed by atoms with van der Waals surface area (Å²) in [5, 5.41) is 0. The maximum absolute atomic E-state index is 5.40. The molecule has 0 aliphatic rings. The van der Waals surface area contributed by atoms with Gasteiger partial charge in [0.1, 0.15) is 0 Å². The van der Waals surface area contributed by atoms with Crippen molar-refractivity contribution < 1.29 is 8.85 Å². The van der Waals surface area contributed by atoms with Crippen molar-refractivity contribution in [2.24, 2.45) is 4.99 Å². The third-order valence-corrected chi connectivity index (χ3v) is 5.79. The predicted octanol–water partition coefficient (Wildman–Crippen LogP) is 3.39. The molecule has 0 amide bonds. The fourth-order valence-corrected chi connectivity index (χ4v) is 2.66. The van der Waals surface area contributed by atoms with Gasteiger partial charge in [-0.1, -0.05) is 26.2 Å². The lowest BCUT2D eigenvalue weighted by Gasteiger charge is -2.21. The van der Waals surface area contributed by atoms with E-state index in [4.69, 9.17) is 8.85 Å². The van der Waals surface area contributed by atoms with Crippen LogP contribution in [-0.4, -0.2) is 35.5 Å². The lowest BCUT2D eigenvalue weighted by Crippen LogP contribution is -2.35.